The van der Waals surface area contributed by atoms with Crippen LogP contribution in [0.4, 0.5) is 5.82 Å². The van der Waals surface area contributed by atoms with Crippen LogP contribution < -0.4 is 4.90 Å². The summed E-state index contributed by atoms with van der Waals surface area (Å²) in [6.07, 6.45) is 0. The van der Waals surface area contributed by atoms with E-state index in [9.17, 15) is 0 Å². The van der Waals surface area contributed by atoms with Crippen LogP contribution in [0.1, 0.15) is 5.69 Å². The van der Waals surface area contributed by atoms with Gasteiger partial charge in [0.2, 0.25) is 0 Å². The normalized spacial score (nSPS) is 9.58. The van der Waals surface area contributed by atoms with Crippen molar-refractivity contribution in [2.24, 2.45) is 0 Å². The first-order chi connectivity index (χ1) is 5.61. The summed E-state index contributed by atoms with van der Waals surface area (Å²) < 4.78 is 0.299. The maximum Gasteiger partial charge on any atom is 0.175 e. The van der Waals surface area contributed by atoms with Crippen molar-refractivity contribution < 1.29 is 0 Å². The molecule has 1 heterocycles. The highest BCUT2D eigenvalue weighted by atomic mass is 35.5. The molecule has 0 atom stereocenters. The Morgan fingerprint density at radius 3 is 2.75 bits per heavy atom. The SMILES string of the molecule is Cc1cccc(N(C)C(=S)Cl)n1. The van der Waals surface area contributed by atoms with Crippen LogP contribution in [0.2, 0.25) is 0 Å². The van der Waals surface area contributed by atoms with Crippen LogP contribution in [-0.2, 0) is 0 Å². The van der Waals surface area contributed by atoms with Gasteiger partial charge in [-0.05, 0) is 31.3 Å². The maximum absolute atomic E-state index is 5.63. The van der Waals surface area contributed by atoms with E-state index in [1.807, 2.05) is 25.1 Å². The Hall–Kier alpha value is -0.670. The number of thiocarbonyl (C=S) groups is 1. The fourth-order valence-corrected chi connectivity index (χ4v) is 0.986. The third-order valence-electron chi connectivity index (χ3n) is 1.48. The van der Waals surface area contributed by atoms with Crippen LogP contribution in [0.25, 0.3) is 0 Å². The Labute approximate surface area is 82.2 Å². The fraction of sp³-hybridized carbons (Fsp3) is 0.250. The quantitative estimate of drug-likeness (QED) is 0.393. The lowest BCUT2D eigenvalue weighted by atomic mass is 10.4. The lowest BCUT2D eigenvalue weighted by Gasteiger charge is -2.14. The molecular weight excluding hydrogens is 192 g/mol. The zero-order chi connectivity index (χ0) is 9.14. The molecule has 0 fully saturated rings. The summed E-state index contributed by atoms with van der Waals surface area (Å²) in [7, 11) is 1.79. The predicted octanol–water partition coefficient (Wildman–Crippen LogP) is 2.35. The summed E-state index contributed by atoms with van der Waals surface area (Å²) in [6.45, 7) is 1.93. The molecular formula is C8H9ClN2S. The number of hydrogen-bond acceptors (Lipinski definition) is 2. The van der Waals surface area contributed by atoms with E-state index < -0.39 is 0 Å². The first kappa shape index (κ1) is 9.42. The second-order valence-corrected chi connectivity index (χ2v) is 3.42. The largest absolute Gasteiger partial charge is 0.311 e. The Kier molecular flexibility index (Phi) is 3.00. The number of aromatic nitrogens is 1. The third-order valence-corrected chi connectivity index (χ3v) is 2.01. The maximum atomic E-state index is 5.63. The summed E-state index contributed by atoms with van der Waals surface area (Å²) in [5, 5.41) is 0. The minimum absolute atomic E-state index is 0.299. The monoisotopic (exact) mass is 200 g/mol. The van der Waals surface area contributed by atoms with E-state index in [2.05, 4.69) is 4.98 Å². The summed E-state index contributed by atoms with van der Waals surface area (Å²) in [6, 6.07) is 5.71. The third kappa shape index (κ3) is 2.16. The molecule has 12 heavy (non-hydrogen) atoms. The van der Waals surface area contributed by atoms with Crippen LogP contribution >= 0.6 is 23.8 Å². The number of halogens is 1. The van der Waals surface area contributed by atoms with Crippen molar-refractivity contribution in [1.82, 2.24) is 4.98 Å². The molecule has 0 N–H and O–H groups in total. The lowest BCUT2D eigenvalue weighted by Crippen LogP contribution is -2.20. The molecule has 0 bridgehead atoms. The van der Waals surface area contributed by atoms with Gasteiger partial charge in [0, 0.05) is 12.7 Å². The van der Waals surface area contributed by atoms with E-state index in [0.29, 0.717) is 4.45 Å². The summed E-state index contributed by atoms with van der Waals surface area (Å²) in [5.74, 6) is 0.773. The highest BCUT2D eigenvalue weighted by Gasteiger charge is 2.04. The summed E-state index contributed by atoms with van der Waals surface area (Å²) >= 11 is 10.4. The van der Waals surface area contributed by atoms with Crippen molar-refractivity contribution in [2.45, 2.75) is 6.92 Å². The molecule has 0 radical (unpaired) electrons. The molecule has 0 aromatic carbocycles. The molecule has 4 heteroatoms. The van der Waals surface area contributed by atoms with Crippen LogP contribution in [0, 0.1) is 6.92 Å². The van der Waals surface area contributed by atoms with Gasteiger partial charge in [-0.2, -0.15) is 0 Å². The van der Waals surface area contributed by atoms with Gasteiger partial charge < -0.3 is 4.90 Å². The van der Waals surface area contributed by atoms with Crippen molar-refractivity contribution in [3.05, 3.63) is 23.9 Å². The second kappa shape index (κ2) is 3.83. The Bertz CT molecular complexity index is 301. The number of rotatable bonds is 1. The standard InChI is InChI=1S/C8H9ClN2S/c1-6-4-3-5-7(10-6)11(2)8(9)12/h3-5H,1-2H3. The van der Waals surface area contributed by atoms with E-state index >= 15 is 0 Å². The van der Waals surface area contributed by atoms with Gasteiger partial charge in [-0.3, -0.25) is 0 Å². The Balaban J connectivity index is 2.95. The van der Waals surface area contributed by atoms with Crippen molar-refractivity contribution in [2.75, 3.05) is 11.9 Å². The number of hydrogen-bond donors (Lipinski definition) is 0. The zero-order valence-electron chi connectivity index (χ0n) is 6.91. The van der Waals surface area contributed by atoms with Gasteiger partial charge in [0.1, 0.15) is 5.82 Å². The van der Waals surface area contributed by atoms with Gasteiger partial charge in [-0.15, -0.1) is 0 Å². The first-order valence-electron chi connectivity index (χ1n) is 3.48. The van der Waals surface area contributed by atoms with Crippen molar-refractivity contribution >= 4 is 34.1 Å². The second-order valence-electron chi connectivity index (χ2n) is 2.45. The molecule has 1 rings (SSSR count). The smallest absolute Gasteiger partial charge is 0.175 e. The van der Waals surface area contributed by atoms with E-state index in [4.69, 9.17) is 23.8 Å². The summed E-state index contributed by atoms with van der Waals surface area (Å²) in [4.78, 5) is 5.90. The van der Waals surface area contributed by atoms with Gasteiger partial charge in [-0.25, -0.2) is 4.98 Å². The van der Waals surface area contributed by atoms with Gasteiger partial charge in [0.25, 0.3) is 0 Å². The molecule has 0 aliphatic heterocycles. The fourth-order valence-electron chi connectivity index (χ4n) is 0.806. The Morgan fingerprint density at radius 2 is 2.25 bits per heavy atom. The molecule has 0 spiro atoms. The average Bonchev–Trinajstić information content (AvgIpc) is 2.03. The highest BCUT2D eigenvalue weighted by Crippen LogP contribution is 2.10. The first-order valence-corrected chi connectivity index (χ1v) is 4.26. The molecule has 0 amide bonds. The van der Waals surface area contributed by atoms with Gasteiger partial charge in [-0.1, -0.05) is 17.7 Å². The van der Waals surface area contributed by atoms with E-state index in [0.717, 1.165) is 11.5 Å². The van der Waals surface area contributed by atoms with E-state index in [-0.39, 0.29) is 0 Å². The minimum Gasteiger partial charge on any atom is -0.311 e. The van der Waals surface area contributed by atoms with Crippen molar-refractivity contribution in [1.29, 1.82) is 0 Å². The van der Waals surface area contributed by atoms with Crippen LogP contribution in [0.3, 0.4) is 0 Å². The van der Waals surface area contributed by atoms with E-state index in [1.54, 1.807) is 11.9 Å². The molecule has 1 aromatic rings. The Morgan fingerprint density at radius 1 is 1.58 bits per heavy atom. The molecule has 0 saturated heterocycles. The molecule has 0 aliphatic carbocycles. The molecule has 1 aromatic heterocycles. The molecule has 0 aliphatic rings. The molecule has 0 saturated carbocycles. The van der Waals surface area contributed by atoms with Crippen LogP contribution in [0.15, 0.2) is 18.2 Å². The number of pyridine rings is 1. The number of aryl methyl sites for hydroxylation is 1. The minimum atomic E-state index is 0.299. The van der Waals surface area contributed by atoms with E-state index in [1.165, 1.54) is 0 Å². The zero-order valence-corrected chi connectivity index (χ0v) is 8.49. The topological polar surface area (TPSA) is 16.1 Å². The van der Waals surface area contributed by atoms with Crippen molar-refractivity contribution in [3.8, 4) is 0 Å². The average molecular weight is 201 g/mol. The summed E-state index contributed by atoms with van der Waals surface area (Å²) in [5.41, 5.74) is 0.951. The number of anilines is 1. The van der Waals surface area contributed by atoms with Gasteiger partial charge in [0.15, 0.2) is 4.45 Å². The van der Waals surface area contributed by atoms with Crippen molar-refractivity contribution in [3.63, 3.8) is 0 Å². The van der Waals surface area contributed by atoms with Crippen LogP contribution in [-0.4, -0.2) is 16.5 Å². The molecule has 64 valence electrons. The predicted molar refractivity (Wildman–Crippen MR) is 55.8 cm³/mol. The lowest BCUT2D eigenvalue weighted by molar-refractivity contribution is 1.13. The highest BCUT2D eigenvalue weighted by molar-refractivity contribution is 7.83. The van der Waals surface area contributed by atoms with Crippen LogP contribution in [0.5, 0.6) is 0 Å². The van der Waals surface area contributed by atoms with Gasteiger partial charge >= 0.3 is 0 Å². The molecule has 0 unspecified atom stereocenters. The molecule has 2 nitrogen and oxygen atoms in total. The number of nitrogens with zero attached hydrogens (tertiary/aromatic N) is 2. The van der Waals surface area contributed by atoms with Gasteiger partial charge in [0.05, 0.1) is 0 Å².